The molecule has 0 saturated carbocycles. The van der Waals surface area contributed by atoms with Crippen LogP contribution in [0.25, 0.3) is 0 Å². The lowest BCUT2D eigenvalue weighted by atomic mass is 10.6. The molecule has 2 rings (SSSR count). The Morgan fingerprint density at radius 1 is 1.53 bits per heavy atom. The summed E-state index contributed by atoms with van der Waals surface area (Å²) in [6.07, 6.45) is 1.54. The fourth-order valence-electron chi connectivity index (χ4n) is 1.16. The van der Waals surface area contributed by atoms with Gasteiger partial charge < -0.3 is 0 Å². The summed E-state index contributed by atoms with van der Waals surface area (Å²) < 4.78 is 25.8. The van der Waals surface area contributed by atoms with E-state index in [9.17, 15) is 18.5 Å². The third-order valence-electron chi connectivity index (χ3n) is 2.03. The van der Waals surface area contributed by atoms with Gasteiger partial charge in [-0.15, -0.1) is 22.7 Å². The zero-order valence-electron chi connectivity index (χ0n) is 9.07. The van der Waals surface area contributed by atoms with Gasteiger partial charge in [0.15, 0.2) is 4.34 Å². The lowest BCUT2D eigenvalue weighted by Crippen LogP contribution is -2.21. The molecule has 0 radical (unpaired) electrons. The average molecular weight is 340 g/mol. The van der Waals surface area contributed by atoms with E-state index in [0.29, 0.717) is 11.3 Å². The third kappa shape index (κ3) is 3.28. The lowest BCUT2D eigenvalue weighted by molar-refractivity contribution is -0.384. The van der Waals surface area contributed by atoms with Gasteiger partial charge in [0.1, 0.15) is 4.21 Å². The highest BCUT2D eigenvalue weighted by molar-refractivity contribution is 7.91. The number of nitrogens with zero attached hydrogens (tertiary/aromatic N) is 2. The third-order valence-corrected chi connectivity index (χ3v) is 6.02. The van der Waals surface area contributed by atoms with Gasteiger partial charge in [-0.25, -0.2) is 13.1 Å². The van der Waals surface area contributed by atoms with Crippen LogP contribution in [-0.2, 0) is 16.6 Å². The summed E-state index contributed by atoms with van der Waals surface area (Å²) >= 11 is 7.57. The number of sulfonamides is 1. The average Bonchev–Trinajstić information content (AvgIpc) is 2.95. The maximum Gasteiger partial charge on any atom is 0.300 e. The van der Waals surface area contributed by atoms with Crippen LogP contribution < -0.4 is 4.72 Å². The highest BCUT2D eigenvalue weighted by Crippen LogP contribution is 2.36. The normalized spacial score (nSPS) is 11.6. The first kappa shape index (κ1) is 14.3. The summed E-state index contributed by atoms with van der Waals surface area (Å²) in [5.41, 5.74) is 1.17. The van der Waals surface area contributed by atoms with E-state index in [0.717, 1.165) is 10.9 Å². The number of hydrogen-bond donors (Lipinski definition) is 1. The van der Waals surface area contributed by atoms with E-state index in [4.69, 9.17) is 11.6 Å². The quantitative estimate of drug-likeness (QED) is 0.664. The van der Waals surface area contributed by atoms with Gasteiger partial charge in [0.05, 0.1) is 10.4 Å². The Hall–Kier alpha value is -1.07. The van der Waals surface area contributed by atoms with Crippen molar-refractivity contribution in [2.24, 2.45) is 0 Å². The van der Waals surface area contributed by atoms with E-state index in [-0.39, 0.29) is 15.1 Å². The van der Waals surface area contributed by atoms with Gasteiger partial charge in [0.25, 0.3) is 15.7 Å². The smallest absolute Gasteiger partial charge is 0.258 e. The molecule has 0 aromatic carbocycles. The minimum Gasteiger partial charge on any atom is -0.258 e. The summed E-state index contributed by atoms with van der Waals surface area (Å²) in [6.45, 7) is 0.0797. The second kappa shape index (κ2) is 5.51. The van der Waals surface area contributed by atoms with Gasteiger partial charge in [-0.2, -0.15) is 0 Å². The van der Waals surface area contributed by atoms with E-state index >= 15 is 0 Å². The van der Waals surface area contributed by atoms with Crippen LogP contribution in [0.1, 0.15) is 4.88 Å². The molecule has 19 heavy (non-hydrogen) atoms. The van der Waals surface area contributed by atoms with Crippen molar-refractivity contribution in [3.63, 3.8) is 0 Å². The first-order chi connectivity index (χ1) is 8.90. The number of thiophene rings is 1. The molecule has 1 N–H and O–H groups in total. The van der Waals surface area contributed by atoms with Crippen LogP contribution in [-0.4, -0.2) is 18.3 Å². The minimum absolute atomic E-state index is 0.0797. The molecule has 0 atom stereocenters. The van der Waals surface area contributed by atoms with Crippen molar-refractivity contribution in [2.45, 2.75) is 10.8 Å². The molecule has 2 heterocycles. The van der Waals surface area contributed by atoms with Crippen molar-refractivity contribution in [3.8, 4) is 0 Å². The first-order valence-corrected chi connectivity index (χ1v) is 8.26. The van der Waals surface area contributed by atoms with E-state index in [2.05, 4.69) is 9.71 Å². The van der Waals surface area contributed by atoms with Crippen LogP contribution in [0.4, 0.5) is 5.69 Å². The molecule has 0 bridgehead atoms. The van der Waals surface area contributed by atoms with Crippen molar-refractivity contribution in [1.29, 1.82) is 0 Å². The van der Waals surface area contributed by atoms with Crippen molar-refractivity contribution >= 4 is 50.0 Å². The molecule has 2 aromatic rings. The maximum absolute atomic E-state index is 11.9. The van der Waals surface area contributed by atoms with Crippen molar-refractivity contribution in [1.82, 2.24) is 9.71 Å². The fourth-order valence-corrected chi connectivity index (χ4v) is 4.50. The molecule has 0 fully saturated rings. The fraction of sp³-hybridized carbons (Fsp3) is 0.125. The first-order valence-electron chi connectivity index (χ1n) is 4.71. The van der Waals surface area contributed by atoms with Gasteiger partial charge in [-0.3, -0.25) is 15.1 Å². The minimum atomic E-state index is -3.81. The van der Waals surface area contributed by atoms with Gasteiger partial charge >= 0.3 is 0 Å². The van der Waals surface area contributed by atoms with Crippen molar-refractivity contribution in [2.75, 3.05) is 0 Å². The second-order valence-electron chi connectivity index (χ2n) is 3.27. The predicted octanol–water partition coefficient (Wildman–Crippen LogP) is 2.24. The topological polar surface area (TPSA) is 102 Å². The molecule has 0 amide bonds. The standard InChI is InChI=1S/C8H6ClN3O4S3/c9-8-6(12(13)14)1-7(18-8)19(15,16)11-3-5-2-10-4-17-5/h1-2,4,11H,3H2. The monoisotopic (exact) mass is 339 g/mol. The molecular weight excluding hydrogens is 334 g/mol. The molecule has 0 aliphatic heterocycles. The van der Waals surface area contributed by atoms with E-state index in [1.165, 1.54) is 17.5 Å². The molecule has 11 heteroatoms. The summed E-state index contributed by atoms with van der Waals surface area (Å²) in [6, 6.07) is 0.946. The molecular formula is C8H6ClN3O4S3. The van der Waals surface area contributed by atoms with Crippen LogP contribution >= 0.6 is 34.3 Å². The largest absolute Gasteiger partial charge is 0.300 e. The van der Waals surface area contributed by atoms with Gasteiger partial charge in [-0.1, -0.05) is 11.6 Å². The molecule has 0 unspecified atom stereocenters. The number of nitro groups is 1. The number of thiazole rings is 1. The molecule has 102 valence electrons. The van der Waals surface area contributed by atoms with Crippen LogP contribution in [0.15, 0.2) is 22.0 Å². The predicted molar refractivity (Wildman–Crippen MR) is 72.1 cm³/mol. The molecule has 0 saturated heterocycles. The molecule has 0 aliphatic carbocycles. The maximum atomic E-state index is 11.9. The Bertz CT molecular complexity index is 695. The lowest BCUT2D eigenvalue weighted by Gasteiger charge is -2.01. The Morgan fingerprint density at radius 2 is 2.26 bits per heavy atom. The summed E-state index contributed by atoms with van der Waals surface area (Å²) in [4.78, 5) is 14.4. The Kier molecular flexibility index (Phi) is 4.16. The van der Waals surface area contributed by atoms with E-state index in [1.807, 2.05) is 0 Å². The zero-order valence-corrected chi connectivity index (χ0v) is 12.3. The Labute approximate surface area is 121 Å². The highest BCUT2D eigenvalue weighted by atomic mass is 35.5. The SMILES string of the molecule is O=[N+]([O-])c1cc(S(=O)(=O)NCc2cncs2)sc1Cl. The summed E-state index contributed by atoms with van der Waals surface area (Å²) in [5.74, 6) is 0. The highest BCUT2D eigenvalue weighted by Gasteiger charge is 2.25. The van der Waals surface area contributed by atoms with Gasteiger partial charge in [0, 0.05) is 23.7 Å². The number of halogens is 1. The molecule has 2 aromatic heterocycles. The van der Waals surface area contributed by atoms with Crippen LogP contribution in [0.5, 0.6) is 0 Å². The molecule has 0 aliphatic rings. The second-order valence-corrected chi connectivity index (χ2v) is 7.89. The summed E-state index contributed by atoms with van der Waals surface area (Å²) in [5, 5.41) is 10.6. The van der Waals surface area contributed by atoms with E-state index in [1.54, 1.807) is 5.51 Å². The van der Waals surface area contributed by atoms with Crippen molar-refractivity contribution in [3.05, 3.63) is 37.1 Å². The number of rotatable bonds is 5. The van der Waals surface area contributed by atoms with Crippen LogP contribution in [0, 0.1) is 10.1 Å². The molecule has 0 spiro atoms. The van der Waals surface area contributed by atoms with Crippen LogP contribution in [0.2, 0.25) is 4.34 Å². The summed E-state index contributed by atoms with van der Waals surface area (Å²) in [7, 11) is -3.81. The molecule has 7 nitrogen and oxygen atoms in total. The van der Waals surface area contributed by atoms with E-state index < -0.39 is 20.6 Å². The van der Waals surface area contributed by atoms with Crippen molar-refractivity contribution < 1.29 is 13.3 Å². The number of aromatic nitrogens is 1. The van der Waals surface area contributed by atoms with Crippen LogP contribution in [0.3, 0.4) is 0 Å². The van der Waals surface area contributed by atoms with Gasteiger partial charge in [-0.05, 0) is 0 Å². The Morgan fingerprint density at radius 3 is 2.79 bits per heavy atom. The van der Waals surface area contributed by atoms with Gasteiger partial charge in [0.2, 0.25) is 0 Å². The number of hydrogen-bond acceptors (Lipinski definition) is 7. The Balaban J connectivity index is 2.20. The number of nitrogens with one attached hydrogen (secondary N) is 1. The zero-order chi connectivity index (χ0) is 14.0.